The Hall–Kier alpha value is -1.26. The molecule has 1 aromatic carbocycles. The first-order valence-electron chi connectivity index (χ1n) is 7.09. The van der Waals surface area contributed by atoms with Gasteiger partial charge in [0.25, 0.3) is 0 Å². The van der Waals surface area contributed by atoms with Crippen LogP contribution in [0.2, 0.25) is 0 Å². The summed E-state index contributed by atoms with van der Waals surface area (Å²) >= 11 is 0. The first-order chi connectivity index (χ1) is 9.19. The zero-order chi connectivity index (χ0) is 13.7. The quantitative estimate of drug-likeness (QED) is 0.810. The molecule has 1 aliphatic heterocycles. The molecule has 0 saturated carbocycles. The third-order valence-electron chi connectivity index (χ3n) is 3.87. The number of hydrogen-bond acceptors (Lipinski definition) is 4. The average molecular weight is 263 g/mol. The van der Waals surface area contributed by atoms with Crippen molar-refractivity contribution in [1.29, 1.82) is 0 Å². The standard InChI is InChI=1S/C15H25N3O/c1-19-15-11-14(17)5-4-12(15)6-9-18-8-2-3-13(16)7-10-18/h4-5,11,13H,2-3,6-10,16-17H2,1H3. The Labute approximate surface area is 115 Å². The summed E-state index contributed by atoms with van der Waals surface area (Å²) in [5, 5.41) is 0. The number of rotatable bonds is 4. The molecule has 1 atom stereocenters. The van der Waals surface area contributed by atoms with E-state index in [1.165, 1.54) is 12.0 Å². The van der Waals surface area contributed by atoms with Gasteiger partial charge in [0.2, 0.25) is 0 Å². The van der Waals surface area contributed by atoms with Crippen LogP contribution in [-0.4, -0.2) is 37.7 Å². The molecule has 4 N–H and O–H groups in total. The van der Waals surface area contributed by atoms with Gasteiger partial charge in [-0.15, -0.1) is 0 Å². The van der Waals surface area contributed by atoms with Gasteiger partial charge in [-0.25, -0.2) is 0 Å². The smallest absolute Gasteiger partial charge is 0.124 e. The Bertz CT molecular complexity index is 408. The number of anilines is 1. The largest absolute Gasteiger partial charge is 0.496 e. The lowest BCUT2D eigenvalue weighted by Gasteiger charge is -2.20. The minimum absolute atomic E-state index is 0.385. The topological polar surface area (TPSA) is 64.5 Å². The maximum absolute atomic E-state index is 6.01. The molecule has 4 heteroatoms. The lowest BCUT2D eigenvalue weighted by atomic mass is 10.1. The summed E-state index contributed by atoms with van der Waals surface area (Å²) in [6, 6.07) is 6.29. The van der Waals surface area contributed by atoms with Crippen LogP contribution in [-0.2, 0) is 6.42 Å². The fourth-order valence-electron chi connectivity index (χ4n) is 2.65. The number of nitrogens with zero attached hydrogens (tertiary/aromatic N) is 1. The van der Waals surface area contributed by atoms with Crippen molar-refractivity contribution in [3.63, 3.8) is 0 Å². The second-order valence-electron chi connectivity index (χ2n) is 5.35. The third kappa shape index (κ3) is 4.11. The molecule has 106 valence electrons. The fourth-order valence-corrected chi connectivity index (χ4v) is 2.65. The molecule has 4 nitrogen and oxygen atoms in total. The number of benzene rings is 1. The number of ether oxygens (including phenoxy) is 1. The zero-order valence-electron chi connectivity index (χ0n) is 11.8. The van der Waals surface area contributed by atoms with Crippen LogP contribution in [0.1, 0.15) is 24.8 Å². The summed E-state index contributed by atoms with van der Waals surface area (Å²) in [4.78, 5) is 2.50. The molecule has 1 saturated heterocycles. The highest BCUT2D eigenvalue weighted by molar-refractivity contribution is 5.48. The van der Waals surface area contributed by atoms with Crippen LogP contribution >= 0.6 is 0 Å². The minimum atomic E-state index is 0.385. The molecule has 2 rings (SSSR count). The first-order valence-corrected chi connectivity index (χ1v) is 7.09. The second kappa shape index (κ2) is 6.78. The van der Waals surface area contributed by atoms with E-state index in [4.69, 9.17) is 16.2 Å². The summed E-state index contributed by atoms with van der Waals surface area (Å²) in [5.41, 5.74) is 13.8. The van der Waals surface area contributed by atoms with E-state index in [-0.39, 0.29) is 0 Å². The Morgan fingerprint density at radius 1 is 1.32 bits per heavy atom. The molecule has 1 aromatic rings. The highest BCUT2D eigenvalue weighted by atomic mass is 16.5. The Kier molecular flexibility index (Phi) is 5.05. The summed E-state index contributed by atoms with van der Waals surface area (Å²) in [5.74, 6) is 0.895. The number of methoxy groups -OCH3 is 1. The Morgan fingerprint density at radius 2 is 2.16 bits per heavy atom. The molecule has 19 heavy (non-hydrogen) atoms. The van der Waals surface area contributed by atoms with Crippen molar-refractivity contribution >= 4 is 5.69 Å². The van der Waals surface area contributed by atoms with Gasteiger partial charge in [-0.1, -0.05) is 6.07 Å². The summed E-state index contributed by atoms with van der Waals surface area (Å²) in [6.45, 7) is 3.33. The van der Waals surface area contributed by atoms with E-state index in [2.05, 4.69) is 11.0 Å². The highest BCUT2D eigenvalue weighted by Gasteiger charge is 2.14. The maximum atomic E-state index is 6.01. The minimum Gasteiger partial charge on any atom is -0.496 e. The van der Waals surface area contributed by atoms with Crippen LogP contribution < -0.4 is 16.2 Å². The van der Waals surface area contributed by atoms with Crippen molar-refractivity contribution < 1.29 is 4.74 Å². The van der Waals surface area contributed by atoms with Crippen LogP contribution in [0.25, 0.3) is 0 Å². The molecule has 0 aromatic heterocycles. The van der Waals surface area contributed by atoms with E-state index in [0.29, 0.717) is 6.04 Å². The molecule has 0 radical (unpaired) electrons. The van der Waals surface area contributed by atoms with Gasteiger partial charge in [-0.3, -0.25) is 0 Å². The molecule has 1 aliphatic rings. The van der Waals surface area contributed by atoms with Gasteiger partial charge in [0.15, 0.2) is 0 Å². The Balaban J connectivity index is 1.91. The van der Waals surface area contributed by atoms with E-state index >= 15 is 0 Å². The van der Waals surface area contributed by atoms with Gasteiger partial charge in [-0.2, -0.15) is 0 Å². The van der Waals surface area contributed by atoms with Gasteiger partial charge < -0.3 is 21.1 Å². The lowest BCUT2D eigenvalue weighted by molar-refractivity contribution is 0.286. The van der Waals surface area contributed by atoms with Crippen molar-refractivity contribution in [3.8, 4) is 5.75 Å². The van der Waals surface area contributed by atoms with Gasteiger partial charge in [-0.05, 0) is 50.4 Å². The zero-order valence-corrected chi connectivity index (χ0v) is 11.8. The molecule has 1 unspecified atom stereocenters. The van der Waals surface area contributed by atoms with Crippen molar-refractivity contribution in [2.75, 3.05) is 32.5 Å². The summed E-state index contributed by atoms with van der Waals surface area (Å²) in [7, 11) is 1.70. The predicted molar refractivity (Wildman–Crippen MR) is 79.4 cm³/mol. The SMILES string of the molecule is COc1cc(N)ccc1CCN1CCCC(N)CC1. The van der Waals surface area contributed by atoms with Crippen LogP contribution in [0.5, 0.6) is 5.75 Å². The first kappa shape index (κ1) is 14.2. The van der Waals surface area contributed by atoms with E-state index in [0.717, 1.165) is 50.3 Å². The van der Waals surface area contributed by atoms with Gasteiger partial charge >= 0.3 is 0 Å². The van der Waals surface area contributed by atoms with E-state index < -0.39 is 0 Å². The van der Waals surface area contributed by atoms with Crippen LogP contribution in [0.3, 0.4) is 0 Å². The van der Waals surface area contributed by atoms with E-state index in [9.17, 15) is 0 Å². The van der Waals surface area contributed by atoms with E-state index in [1.807, 2.05) is 12.1 Å². The average Bonchev–Trinajstić information content (AvgIpc) is 2.62. The second-order valence-corrected chi connectivity index (χ2v) is 5.35. The summed E-state index contributed by atoms with van der Waals surface area (Å²) < 4.78 is 5.39. The van der Waals surface area contributed by atoms with Crippen molar-refractivity contribution in [1.82, 2.24) is 4.90 Å². The third-order valence-corrected chi connectivity index (χ3v) is 3.87. The monoisotopic (exact) mass is 263 g/mol. The maximum Gasteiger partial charge on any atom is 0.124 e. The molecule has 0 amide bonds. The van der Waals surface area contributed by atoms with Crippen molar-refractivity contribution in [3.05, 3.63) is 23.8 Å². The van der Waals surface area contributed by atoms with Crippen LogP contribution in [0.15, 0.2) is 18.2 Å². The number of hydrogen-bond donors (Lipinski definition) is 2. The molecule has 1 fully saturated rings. The molecular weight excluding hydrogens is 238 g/mol. The molecule has 0 aliphatic carbocycles. The van der Waals surface area contributed by atoms with E-state index in [1.54, 1.807) is 7.11 Å². The Morgan fingerprint density at radius 3 is 2.95 bits per heavy atom. The molecule has 0 bridgehead atoms. The normalized spacial score (nSPS) is 21.1. The molecule has 0 spiro atoms. The molecular formula is C15H25N3O. The lowest BCUT2D eigenvalue weighted by Crippen LogP contribution is -2.28. The fraction of sp³-hybridized carbons (Fsp3) is 0.600. The summed E-state index contributed by atoms with van der Waals surface area (Å²) in [6.07, 6.45) is 4.47. The predicted octanol–water partition coefficient (Wildman–Crippen LogP) is 1.63. The van der Waals surface area contributed by atoms with Crippen molar-refractivity contribution in [2.45, 2.75) is 31.7 Å². The van der Waals surface area contributed by atoms with Crippen LogP contribution in [0, 0.1) is 0 Å². The van der Waals surface area contributed by atoms with Gasteiger partial charge in [0.05, 0.1) is 7.11 Å². The van der Waals surface area contributed by atoms with Gasteiger partial charge in [0.1, 0.15) is 5.75 Å². The number of nitrogens with two attached hydrogens (primary N) is 2. The van der Waals surface area contributed by atoms with Gasteiger partial charge in [0, 0.05) is 24.3 Å². The van der Waals surface area contributed by atoms with Crippen molar-refractivity contribution in [2.24, 2.45) is 5.73 Å². The molecule has 1 heterocycles. The number of likely N-dealkylation sites (tertiary alicyclic amines) is 1. The highest BCUT2D eigenvalue weighted by Crippen LogP contribution is 2.22. The van der Waals surface area contributed by atoms with Crippen LogP contribution in [0.4, 0.5) is 5.69 Å². The number of nitrogen functional groups attached to an aromatic ring is 1.